The molecule has 6 heteroatoms. The van der Waals surface area contributed by atoms with Crippen molar-refractivity contribution >= 4 is 5.88 Å². The largest absolute Gasteiger partial charge is 0.457 e. The summed E-state index contributed by atoms with van der Waals surface area (Å²) in [5.41, 5.74) is 3.23. The summed E-state index contributed by atoms with van der Waals surface area (Å²) in [6.07, 6.45) is 3.32. The van der Waals surface area contributed by atoms with Crippen LogP contribution in [0.2, 0.25) is 0 Å². The third-order valence-corrected chi connectivity index (χ3v) is 4.80. The minimum atomic E-state index is 0.212. The second-order valence-corrected chi connectivity index (χ2v) is 7.37. The predicted octanol–water partition coefficient (Wildman–Crippen LogP) is 6.14. The summed E-state index contributed by atoms with van der Waals surface area (Å²) in [4.78, 5) is 8.29. The molecule has 0 amide bonds. The molecule has 0 aliphatic heterocycles. The third kappa shape index (κ3) is 4.90. The van der Waals surface area contributed by atoms with E-state index in [1.165, 1.54) is 5.56 Å². The molecule has 4 rings (SSSR count). The topological polar surface area (TPSA) is 84.0 Å². The van der Waals surface area contributed by atoms with E-state index >= 15 is 0 Å². The highest BCUT2D eigenvalue weighted by Crippen LogP contribution is 2.26. The summed E-state index contributed by atoms with van der Waals surface area (Å²) in [6, 6.07) is 21.6. The average Bonchev–Trinajstić information content (AvgIpc) is 3.23. The van der Waals surface area contributed by atoms with Gasteiger partial charge < -0.3 is 14.5 Å². The molecule has 0 saturated carbocycles. The van der Waals surface area contributed by atoms with E-state index in [0.717, 1.165) is 22.6 Å². The van der Waals surface area contributed by atoms with Gasteiger partial charge in [0, 0.05) is 18.9 Å². The van der Waals surface area contributed by atoms with Crippen LogP contribution in [-0.2, 0) is 6.54 Å². The number of nitrogens with zero attached hydrogens (tertiary/aromatic N) is 3. The Morgan fingerprint density at radius 2 is 1.74 bits per heavy atom. The molecule has 0 spiro atoms. The van der Waals surface area contributed by atoms with Gasteiger partial charge in [-0.2, -0.15) is 10.2 Å². The van der Waals surface area contributed by atoms with Gasteiger partial charge in [-0.05, 0) is 53.4 Å². The van der Waals surface area contributed by atoms with Crippen molar-refractivity contribution in [3.8, 4) is 29.0 Å². The normalized spacial score (nSPS) is 10.6. The Bertz CT molecular complexity index is 1180. The molecule has 2 aromatic carbocycles. The molecular formula is C25H22N4O2. The molecule has 0 atom stereocenters. The van der Waals surface area contributed by atoms with E-state index in [-0.39, 0.29) is 5.69 Å². The Morgan fingerprint density at radius 3 is 2.35 bits per heavy atom. The molecule has 0 bridgehead atoms. The number of nitriles is 1. The molecule has 2 aromatic heterocycles. The second-order valence-electron chi connectivity index (χ2n) is 7.37. The van der Waals surface area contributed by atoms with E-state index in [1.54, 1.807) is 18.5 Å². The van der Waals surface area contributed by atoms with Crippen molar-refractivity contribution in [1.82, 2.24) is 9.97 Å². The Labute approximate surface area is 181 Å². The van der Waals surface area contributed by atoms with Crippen LogP contribution < -0.4 is 10.1 Å². The predicted molar refractivity (Wildman–Crippen MR) is 119 cm³/mol. The van der Waals surface area contributed by atoms with E-state index in [4.69, 9.17) is 9.15 Å². The summed E-state index contributed by atoms with van der Waals surface area (Å²) < 4.78 is 11.7. The van der Waals surface area contributed by atoms with Gasteiger partial charge in [0.2, 0.25) is 17.5 Å². The van der Waals surface area contributed by atoms with E-state index in [1.807, 2.05) is 42.5 Å². The molecular weight excluding hydrogens is 388 g/mol. The van der Waals surface area contributed by atoms with Crippen LogP contribution in [0, 0.1) is 11.3 Å². The molecule has 4 aromatic rings. The minimum Gasteiger partial charge on any atom is -0.457 e. The molecule has 154 valence electrons. The molecule has 0 fully saturated rings. The lowest BCUT2D eigenvalue weighted by molar-refractivity contribution is 0.482. The molecule has 0 radical (unpaired) electrons. The number of pyridine rings is 1. The number of aromatic nitrogens is 2. The summed E-state index contributed by atoms with van der Waals surface area (Å²) in [7, 11) is 0. The van der Waals surface area contributed by atoms with E-state index in [9.17, 15) is 5.26 Å². The second kappa shape index (κ2) is 9.14. The fourth-order valence-corrected chi connectivity index (χ4v) is 3.04. The van der Waals surface area contributed by atoms with Crippen LogP contribution in [0.25, 0.3) is 11.5 Å². The van der Waals surface area contributed by atoms with Gasteiger partial charge in [-0.3, -0.25) is 4.98 Å². The van der Waals surface area contributed by atoms with Gasteiger partial charge in [-0.25, -0.2) is 0 Å². The molecule has 2 heterocycles. The quantitative estimate of drug-likeness (QED) is 0.394. The lowest BCUT2D eigenvalue weighted by Crippen LogP contribution is -1.99. The van der Waals surface area contributed by atoms with Crippen molar-refractivity contribution in [2.75, 3.05) is 5.32 Å². The molecule has 0 aliphatic rings. The van der Waals surface area contributed by atoms with Crippen molar-refractivity contribution in [2.45, 2.75) is 26.3 Å². The first-order chi connectivity index (χ1) is 15.1. The molecule has 1 N–H and O–H groups in total. The Hall–Kier alpha value is -4.11. The number of oxazole rings is 1. The SMILES string of the molecule is CC(C)c1ccc(Oc2ccc(CNc3oc(-c4cccnc4)nc3C#N)cc2)cc1. The van der Waals surface area contributed by atoms with Gasteiger partial charge in [0.15, 0.2) is 0 Å². The van der Waals surface area contributed by atoms with Gasteiger partial charge in [-0.15, -0.1) is 0 Å². The molecule has 0 saturated heterocycles. The summed E-state index contributed by atoms with van der Waals surface area (Å²) in [5.74, 6) is 2.76. The van der Waals surface area contributed by atoms with Gasteiger partial charge in [0.25, 0.3) is 0 Å². The molecule has 0 unspecified atom stereocenters. The van der Waals surface area contributed by atoms with Crippen LogP contribution in [0.4, 0.5) is 5.88 Å². The number of benzene rings is 2. The lowest BCUT2D eigenvalue weighted by atomic mass is 10.0. The highest BCUT2D eigenvalue weighted by molar-refractivity contribution is 5.57. The summed E-state index contributed by atoms with van der Waals surface area (Å²) in [5, 5.41) is 12.5. The summed E-state index contributed by atoms with van der Waals surface area (Å²) in [6.45, 7) is 4.82. The van der Waals surface area contributed by atoms with Crippen molar-refractivity contribution in [3.63, 3.8) is 0 Å². The van der Waals surface area contributed by atoms with E-state index in [0.29, 0.717) is 24.2 Å². The van der Waals surface area contributed by atoms with Gasteiger partial charge in [0.1, 0.15) is 17.6 Å². The van der Waals surface area contributed by atoms with Crippen LogP contribution in [0.1, 0.15) is 36.6 Å². The van der Waals surface area contributed by atoms with E-state index < -0.39 is 0 Å². The first-order valence-corrected chi connectivity index (χ1v) is 10.0. The highest BCUT2D eigenvalue weighted by atomic mass is 16.5. The maximum atomic E-state index is 9.36. The Kier molecular flexibility index (Phi) is 5.95. The molecule has 6 nitrogen and oxygen atoms in total. The first-order valence-electron chi connectivity index (χ1n) is 10.0. The molecule has 31 heavy (non-hydrogen) atoms. The van der Waals surface area contributed by atoms with Crippen LogP contribution >= 0.6 is 0 Å². The first kappa shape index (κ1) is 20.2. The van der Waals surface area contributed by atoms with Gasteiger partial charge in [-0.1, -0.05) is 38.1 Å². The number of hydrogen-bond donors (Lipinski definition) is 1. The standard InChI is InChI=1S/C25H22N4O2/c1-17(2)19-7-11-22(12-8-19)30-21-9-5-18(6-10-21)15-28-25-23(14-26)29-24(31-25)20-4-3-13-27-16-20/h3-13,16-17,28H,15H2,1-2H3. The van der Waals surface area contributed by atoms with E-state index in [2.05, 4.69) is 47.3 Å². The number of hydrogen-bond acceptors (Lipinski definition) is 6. The monoisotopic (exact) mass is 410 g/mol. The zero-order valence-electron chi connectivity index (χ0n) is 17.4. The van der Waals surface area contributed by atoms with Crippen LogP contribution in [0.3, 0.4) is 0 Å². The Balaban J connectivity index is 1.39. The fraction of sp³-hybridized carbons (Fsp3) is 0.160. The summed E-state index contributed by atoms with van der Waals surface area (Å²) >= 11 is 0. The van der Waals surface area contributed by atoms with Crippen LogP contribution in [-0.4, -0.2) is 9.97 Å². The number of ether oxygens (including phenoxy) is 1. The zero-order chi connectivity index (χ0) is 21.6. The van der Waals surface area contributed by atoms with Gasteiger partial charge in [0.05, 0.1) is 5.56 Å². The van der Waals surface area contributed by atoms with Crippen molar-refractivity contribution in [1.29, 1.82) is 5.26 Å². The van der Waals surface area contributed by atoms with Crippen molar-refractivity contribution in [2.24, 2.45) is 0 Å². The van der Waals surface area contributed by atoms with Gasteiger partial charge >= 0.3 is 0 Å². The van der Waals surface area contributed by atoms with Crippen molar-refractivity contribution < 1.29 is 9.15 Å². The maximum absolute atomic E-state index is 9.36. The number of nitrogens with one attached hydrogen (secondary N) is 1. The lowest BCUT2D eigenvalue weighted by Gasteiger charge is -2.09. The Morgan fingerprint density at radius 1 is 1.03 bits per heavy atom. The van der Waals surface area contributed by atoms with Crippen molar-refractivity contribution in [3.05, 3.63) is 89.9 Å². The van der Waals surface area contributed by atoms with Crippen LogP contribution in [0.15, 0.2) is 77.5 Å². The zero-order valence-corrected chi connectivity index (χ0v) is 17.4. The highest BCUT2D eigenvalue weighted by Gasteiger charge is 2.14. The minimum absolute atomic E-state index is 0.212. The fourth-order valence-electron chi connectivity index (χ4n) is 3.04. The van der Waals surface area contributed by atoms with Crippen LogP contribution in [0.5, 0.6) is 11.5 Å². The smallest absolute Gasteiger partial charge is 0.232 e. The number of anilines is 1. The molecule has 0 aliphatic carbocycles. The average molecular weight is 410 g/mol. The maximum Gasteiger partial charge on any atom is 0.232 e. The third-order valence-electron chi connectivity index (χ3n) is 4.80. The number of rotatable bonds is 7.